The molecule has 0 spiro atoms. The molecule has 21 heavy (non-hydrogen) atoms. The van der Waals surface area contributed by atoms with Crippen molar-refractivity contribution in [1.29, 1.82) is 0 Å². The molecule has 0 amide bonds. The fourth-order valence-corrected chi connectivity index (χ4v) is 4.42. The van der Waals surface area contributed by atoms with Gasteiger partial charge in [0.15, 0.2) is 5.82 Å². The second kappa shape index (κ2) is 7.44. The molecule has 1 aromatic rings. The summed E-state index contributed by atoms with van der Waals surface area (Å²) in [6.45, 7) is 1.28. The highest BCUT2D eigenvalue weighted by atomic mass is 35.5. The summed E-state index contributed by atoms with van der Waals surface area (Å²) in [6.07, 6.45) is 1.40. The third-order valence-corrected chi connectivity index (χ3v) is 6.24. The minimum absolute atomic E-state index is 0. The van der Waals surface area contributed by atoms with Gasteiger partial charge < -0.3 is 5.73 Å². The van der Waals surface area contributed by atoms with Crippen LogP contribution in [0.3, 0.4) is 0 Å². The van der Waals surface area contributed by atoms with Crippen LogP contribution >= 0.6 is 35.6 Å². The first kappa shape index (κ1) is 18.9. The standard InChI is InChI=1S/C12H15Cl2FN2O2S.ClH/c13-9-1-2-10(11(14)12(9)15)20(18,19)17-5-3-8(7-16)4-6-17;/h1-2,8H,3-7,16H2;1H. The van der Waals surface area contributed by atoms with Crippen LogP contribution in [0.5, 0.6) is 0 Å². The fourth-order valence-electron chi connectivity index (χ4n) is 2.23. The molecule has 9 heteroatoms. The van der Waals surface area contributed by atoms with Crippen LogP contribution in [0.15, 0.2) is 17.0 Å². The summed E-state index contributed by atoms with van der Waals surface area (Å²) in [7, 11) is -3.80. The monoisotopic (exact) mass is 376 g/mol. The lowest BCUT2D eigenvalue weighted by Gasteiger charge is -2.30. The van der Waals surface area contributed by atoms with Crippen molar-refractivity contribution in [2.24, 2.45) is 11.7 Å². The Morgan fingerprint density at radius 2 is 1.86 bits per heavy atom. The molecule has 0 unspecified atom stereocenters. The van der Waals surface area contributed by atoms with Crippen molar-refractivity contribution in [2.75, 3.05) is 19.6 Å². The van der Waals surface area contributed by atoms with Crippen molar-refractivity contribution in [3.05, 3.63) is 28.0 Å². The van der Waals surface area contributed by atoms with E-state index < -0.39 is 20.9 Å². The van der Waals surface area contributed by atoms with E-state index in [4.69, 9.17) is 28.9 Å². The van der Waals surface area contributed by atoms with E-state index in [2.05, 4.69) is 0 Å². The zero-order valence-electron chi connectivity index (χ0n) is 11.1. The summed E-state index contributed by atoms with van der Waals surface area (Å²) in [5.41, 5.74) is 5.58. The van der Waals surface area contributed by atoms with Crippen LogP contribution in [-0.2, 0) is 10.0 Å². The molecular formula is C12H16Cl3FN2O2S. The smallest absolute Gasteiger partial charge is 0.244 e. The van der Waals surface area contributed by atoms with E-state index in [1.165, 1.54) is 16.4 Å². The maximum Gasteiger partial charge on any atom is 0.244 e. The quantitative estimate of drug-likeness (QED) is 0.824. The van der Waals surface area contributed by atoms with Gasteiger partial charge in [-0.1, -0.05) is 23.2 Å². The second-order valence-corrected chi connectivity index (χ2v) is 7.45. The molecule has 1 aliphatic heterocycles. The molecule has 0 bridgehead atoms. The normalized spacial score (nSPS) is 17.5. The molecule has 1 fully saturated rings. The molecule has 1 saturated heterocycles. The Labute approximate surface area is 139 Å². The van der Waals surface area contributed by atoms with E-state index >= 15 is 0 Å². The molecule has 2 N–H and O–H groups in total. The summed E-state index contributed by atoms with van der Waals surface area (Å²) in [6, 6.07) is 2.43. The Morgan fingerprint density at radius 3 is 2.38 bits per heavy atom. The second-order valence-electron chi connectivity index (χ2n) is 4.76. The number of nitrogens with two attached hydrogens (primary N) is 1. The van der Waals surface area contributed by atoms with Gasteiger partial charge in [0, 0.05) is 13.1 Å². The number of benzene rings is 1. The molecule has 1 heterocycles. The van der Waals surface area contributed by atoms with Crippen molar-refractivity contribution < 1.29 is 12.8 Å². The van der Waals surface area contributed by atoms with Crippen LogP contribution in [0.4, 0.5) is 4.39 Å². The van der Waals surface area contributed by atoms with Gasteiger partial charge in [0.05, 0.1) is 10.0 Å². The first-order valence-corrected chi connectivity index (χ1v) is 8.41. The van der Waals surface area contributed by atoms with Gasteiger partial charge in [-0.2, -0.15) is 4.31 Å². The Morgan fingerprint density at radius 1 is 1.29 bits per heavy atom. The third kappa shape index (κ3) is 3.81. The van der Waals surface area contributed by atoms with Gasteiger partial charge in [0.25, 0.3) is 0 Å². The number of halogens is 4. The van der Waals surface area contributed by atoms with Crippen LogP contribution < -0.4 is 5.73 Å². The predicted octanol–water partition coefficient (Wildman–Crippen LogP) is 2.91. The van der Waals surface area contributed by atoms with Crippen molar-refractivity contribution >= 4 is 45.6 Å². The van der Waals surface area contributed by atoms with Crippen LogP contribution in [0.25, 0.3) is 0 Å². The van der Waals surface area contributed by atoms with Crippen LogP contribution in [0.1, 0.15) is 12.8 Å². The maximum absolute atomic E-state index is 13.6. The lowest BCUT2D eigenvalue weighted by atomic mass is 9.99. The number of nitrogens with zero attached hydrogens (tertiary/aromatic N) is 1. The molecule has 0 radical (unpaired) electrons. The highest BCUT2D eigenvalue weighted by Gasteiger charge is 2.31. The van der Waals surface area contributed by atoms with Crippen LogP contribution in [0.2, 0.25) is 10.0 Å². The molecule has 120 valence electrons. The summed E-state index contributed by atoms with van der Waals surface area (Å²) < 4.78 is 39.9. The zero-order valence-corrected chi connectivity index (χ0v) is 14.2. The summed E-state index contributed by atoms with van der Waals surface area (Å²) >= 11 is 11.4. The Kier molecular flexibility index (Phi) is 6.71. The lowest BCUT2D eigenvalue weighted by Crippen LogP contribution is -2.40. The van der Waals surface area contributed by atoms with E-state index in [-0.39, 0.29) is 22.3 Å². The van der Waals surface area contributed by atoms with Gasteiger partial charge >= 0.3 is 0 Å². The first-order chi connectivity index (χ1) is 9.37. The van der Waals surface area contributed by atoms with Crippen molar-refractivity contribution in [2.45, 2.75) is 17.7 Å². The van der Waals surface area contributed by atoms with Crippen LogP contribution in [0, 0.1) is 11.7 Å². The Balaban J connectivity index is 0.00000220. The van der Waals surface area contributed by atoms with E-state index in [0.29, 0.717) is 38.4 Å². The van der Waals surface area contributed by atoms with E-state index in [1.807, 2.05) is 0 Å². The molecule has 4 nitrogen and oxygen atoms in total. The number of sulfonamides is 1. The number of piperidine rings is 1. The van der Waals surface area contributed by atoms with E-state index in [0.717, 1.165) is 0 Å². The fraction of sp³-hybridized carbons (Fsp3) is 0.500. The Bertz CT molecular complexity index is 605. The predicted molar refractivity (Wildman–Crippen MR) is 84.2 cm³/mol. The van der Waals surface area contributed by atoms with Gasteiger partial charge in [0.2, 0.25) is 10.0 Å². The largest absolute Gasteiger partial charge is 0.330 e. The molecule has 1 aromatic carbocycles. The number of rotatable bonds is 3. The molecule has 0 aromatic heterocycles. The van der Waals surface area contributed by atoms with Crippen molar-refractivity contribution in [3.8, 4) is 0 Å². The average Bonchev–Trinajstić information content (AvgIpc) is 2.44. The molecule has 0 saturated carbocycles. The van der Waals surface area contributed by atoms with Gasteiger partial charge in [-0.05, 0) is 37.4 Å². The van der Waals surface area contributed by atoms with E-state index in [9.17, 15) is 12.8 Å². The first-order valence-electron chi connectivity index (χ1n) is 6.21. The molecule has 1 aliphatic rings. The van der Waals surface area contributed by atoms with Gasteiger partial charge in [-0.15, -0.1) is 12.4 Å². The summed E-state index contributed by atoms with van der Waals surface area (Å²) in [4.78, 5) is -0.243. The SMILES string of the molecule is Cl.NCC1CCN(S(=O)(=O)c2ccc(Cl)c(F)c2Cl)CC1. The van der Waals surface area contributed by atoms with Crippen molar-refractivity contribution in [3.63, 3.8) is 0 Å². The van der Waals surface area contributed by atoms with Crippen LogP contribution in [-0.4, -0.2) is 32.4 Å². The number of hydrogen-bond acceptors (Lipinski definition) is 3. The molecule has 0 aliphatic carbocycles. The molecule has 2 rings (SSSR count). The summed E-state index contributed by atoms with van der Waals surface area (Å²) in [5.74, 6) is -0.579. The molecule has 0 atom stereocenters. The highest BCUT2D eigenvalue weighted by Crippen LogP contribution is 2.32. The lowest BCUT2D eigenvalue weighted by molar-refractivity contribution is 0.278. The van der Waals surface area contributed by atoms with Crippen molar-refractivity contribution in [1.82, 2.24) is 4.31 Å². The average molecular weight is 378 g/mol. The highest BCUT2D eigenvalue weighted by molar-refractivity contribution is 7.89. The van der Waals surface area contributed by atoms with E-state index in [1.54, 1.807) is 0 Å². The van der Waals surface area contributed by atoms with Gasteiger partial charge in [-0.3, -0.25) is 0 Å². The molecular weight excluding hydrogens is 362 g/mol. The number of hydrogen-bond donors (Lipinski definition) is 1. The van der Waals surface area contributed by atoms with Gasteiger partial charge in [-0.25, -0.2) is 12.8 Å². The van der Waals surface area contributed by atoms with Gasteiger partial charge in [0.1, 0.15) is 4.90 Å². The minimum atomic E-state index is -3.80. The summed E-state index contributed by atoms with van der Waals surface area (Å²) in [5, 5.41) is -0.658. The maximum atomic E-state index is 13.6. The topological polar surface area (TPSA) is 63.4 Å². The third-order valence-electron chi connectivity index (χ3n) is 3.52. The zero-order chi connectivity index (χ0) is 14.9. The minimum Gasteiger partial charge on any atom is -0.330 e. The Hall–Kier alpha value is -0.110.